The molecule has 126 valence electrons. The van der Waals surface area contributed by atoms with Crippen molar-refractivity contribution in [3.05, 3.63) is 83.9 Å². The van der Waals surface area contributed by atoms with Crippen LogP contribution in [0.3, 0.4) is 0 Å². The summed E-state index contributed by atoms with van der Waals surface area (Å²) in [4.78, 5) is 10.9. The molecule has 0 atom stereocenters. The van der Waals surface area contributed by atoms with Gasteiger partial charge in [0, 0.05) is 28.7 Å². The number of carbonyl (C=O) groups excluding carboxylic acids is 1. The van der Waals surface area contributed by atoms with Crippen molar-refractivity contribution in [1.29, 1.82) is 0 Å². The lowest BCUT2D eigenvalue weighted by Gasteiger charge is -2.13. The van der Waals surface area contributed by atoms with Crippen LogP contribution in [-0.2, 0) is 4.79 Å². The number of hydrogen-bond acceptors (Lipinski definition) is 1. The normalized spacial score (nSPS) is 11.4. The van der Waals surface area contributed by atoms with E-state index in [2.05, 4.69) is 24.6 Å². The van der Waals surface area contributed by atoms with E-state index in [1.807, 2.05) is 36.4 Å². The first kappa shape index (κ1) is 16.9. The maximum absolute atomic E-state index is 13.3. The fourth-order valence-electron chi connectivity index (χ4n) is 3.10. The lowest BCUT2D eigenvalue weighted by molar-refractivity contribution is -0.104. The van der Waals surface area contributed by atoms with Gasteiger partial charge in [-0.1, -0.05) is 44.2 Å². The van der Waals surface area contributed by atoms with Crippen molar-refractivity contribution in [1.82, 2.24) is 4.57 Å². The molecule has 3 heteroatoms. The van der Waals surface area contributed by atoms with Crippen LogP contribution in [-0.4, -0.2) is 10.9 Å². The van der Waals surface area contributed by atoms with Crippen molar-refractivity contribution in [3.8, 4) is 16.8 Å². The van der Waals surface area contributed by atoms with Gasteiger partial charge in [0.1, 0.15) is 12.1 Å². The summed E-state index contributed by atoms with van der Waals surface area (Å²) in [6, 6.07) is 16.5. The molecule has 0 radical (unpaired) electrons. The van der Waals surface area contributed by atoms with Gasteiger partial charge in [-0.3, -0.25) is 4.79 Å². The molecule has 0 saturated carbocycles. The van der Waals surface area contributed by atoms with Crippen LogP contribution in [0.1, 0.15) is 31.0 Å². The molecule has 0 N–H and O–H groups in total. The van der Waals surface area contributed by atoms with Gasteiger partial charge in [0.15, 0.2) is 0 Å². The fraction of sp³-hybridized carbons (Fsp3) is 0.136. The van der Waals surface area contributed by atoms with Gasteiger partial charge in [0.05, 0.1) is 0 Å². The largest absolute Gasteiger partial charge is 0.319 e. The Hall–Kier alpha value is -2.94. The van der Waals surface area contributed by atoms with E-state index in [0.717, 1.165) is 34.4 Å². The Balaban J connectivity index is 2.28. The number of halogens is 1. The number of aldehydes is 1. The van der Waals surface area contributed by atoms with Crippen LogP contribution in [0.5, 0.6) is 0 Å². The minimum Gasteiger partial charge on any atom is -0.319 e. The summed E-state index contributed by atoms with van der Waals surface area (Å²) in [5.41, 5.74) is 5.05. The predicted octanol–water partition coefficient (Wildman–Crippen LogP) is 5.62. The van der Waals surface area contributed by atoms with Gasteiger partial charge < -0.3 is 4.57 Å². The van der Waals surface area contributed by atoms with Gasteiger partial charge in [0.25, 0.3) is 0 Å². The van der Waals surface area contributed by atoms with E-state index in [1.165, 1.54) is 18.2 Å². The van der Waals surface area contributed by atoms with E-state index in [-0.39, 0.29) is 11.7 Å². The number of benzene rings is 2. The number of rotatable bonds is 5. The van der Waals surface area contributed by atoms with Crippen molar-refractivity contribution < 1.29 is 9.18 Å². The number of para-hydroxylation sites is 1. The summed E-state index contributed by atoms with van der Waals surface area (Å²) in [7, 11) is 0. The summed E-state index contributed by atoms with van der Waals surface area (Å²) in [5.74, 6) is -0.0129. The smallest absolute Gasteiger partial charge is 0.142 e. The highest BCUT2D eigenvalue weighted by Crippen LogP contribution is 2.35. The Bertz CT molecular complexity index is 890. The minimum atomic E-state index is -0.264. The van der Waals surface area contributed by atoms with Crippen molar-refractivity contribution in [2.45, 2.75) is 19.8 Å². The molecule has 0 bridgehead atoms. The molecule has 3 aromatic rings. The molecule has 0 saturated heterocycles. The van der Waals surface area contributed by atoms with Crippen molar-refractivity contribution in [2.24, 2.45) is 0 Å². The van der Waals surface area contributed by atoms with Gasteiger partial charge in [-0.25, -0.2) is 4.39 Å². The molecule has 2 aromatic carbocycles. The standard InChI is InChI=1S/C22H20FNO/c1-16(2)22-20(9-6-14-25)21(17-10-12-18(23)13-11-17)15-24(22)19-7-4-3-5-8-19/h3-16H,1-2H3. The maximum Gasteiger partial charge on any atom is 0.142 e. The Morgan fingerprint density at radius 1 is 1.00 bits per heavy atom. The highest BCUT2D eigenvalue weighted by atomic mass is 19.1. The van der Waals surface area contributed by atoms with Crippen LogP contribution in [0, 0.1) is 5.82 Å². The van der Waals surface area contributed by atoms with Gasteiger partial charge in [-0.15, -0.1) is 0 Å². The first-order valence-corrected chi connectivity index (χ1v) is 8.30. The van der Waals surface area contributed by atoms with E-state index in [9.17, 15) is 9.18 Å². The molecule has 0 aliphatic heterocycles. The van der Waals surface area contributed by atoms with E-state index in [1.54, 1.807) is 12.1 Å². The zero-order chi connectivity index (χ0) is 17.8. The van der Waals surface area contributed by atoms with Crippen LogP contribution in [0.15, 0.2) is 66.9 Å². The second kappa shape index (κ2) is 7.31. The molecule has 0 fully saturated rings. The Kier molecular flexibility index (Phi) is 4.94. The second-order valence-electron chi connectivity index (χ2n) is 6.20. The van der Waals surface area contributed by atoms with Gasteiger partial charge in [-0.05, 0) is 47.9 Å². The summed E-state index contributed by atoms with van der Waals surface area (Å²) in [6.45, 7) is 4.25. The van der Waals surface area contributed by atoms with Crippen LogP contribution in [0.4, 0.5) is 4.39 Å². The molecule has 0 amide bonds. The zero-order valence-corrected chi connectivity index (χ0v) is 14.3. The third-order valence-corrected chi connectivity index (χ3v) is 4.16. The van der Waals surface area contributed by atoms with Gasteiger partial charge >= 0.3 is 0 Å². The maximum atomic E-state index is 13.3. The second-order valence-corrected chi connectivity index (χ2v) is 6.20. The van der Waals surface area contributed by atoms with E-state index in [4.69, 9.17) is 0 Å². The first-order chi connectivity index (χ1) is 12.1. The van der Waals surface area contributed by atoms with Gasteiger partial charge in [0.2, 0.25) is 0 Å². The molecule has 0 unspecified atom stereocenters. The molecule has 0 aliphatic rings. The molecule has 1 heterocycles. The van der Waals surface area contributed by atoms with Crippen LogP contribution in [0.2, 0.25) is 0 Å². The van der Waals surface area contributed by atoms with Crippen molar-refractivity contribution in [3.63, 3.8) is 0 Å². The fourth-order valence-corrected chi connectivity index (χ4v) is 3.10. The Labute approximate surface area is 147 Å². The lowest BCUT2D eigenvalue weighted by atomic mass is 9.98. The third kappa shape index (κ3) is 3.45. The Morgan fingerprint density at radius 3 is 2.28 bits per heavy atom. The summed E-state index contributed by atoms with van der Waals surface area (Å²) in [6.07, 6.45) is 6.17. The number of hydrogen-bond donors (Lipinski definition) is 0. The summed E-state index contributed by atoms with van der Waals surface area (Å²) < 4.78 is 15.5. The Morgan fingerprint density at radius 2 is 1.68 bits per heavy atom. The lowest BCUT2D eigenvalue weighted by Crippen LogP contribution is -2.01. The minimum absolute atomic E-state index is 0.251. The summed E-state index contributed by atoms with van der Waals surface area (Å²) >= 11 is 0. The highest BCUT2D eigenvalue weighted by Gasteiger charge is 2.18. The van der Waals surface area contributed by atoms with E-state index < -0.39 is 0 Å². The van der Waals surface area contributed by atoms with Crippen molar-refractivity contribution >= 4 is 12.4 Å². The third-order valence-electron chi connectivity index (χ3n) is 4.16. The quantitative estimate of drug-likeness (QED) is 0.439. The van der Waals surface area contributed by atoms with E-state index >= 15 is 0 Å². The number of nitrogens with zero attached hydrogens (tertiary/aromatic N) is 1. The summed E-state index contributed by atoms with van der Waals surface area (Å²) in [5, 5.41) is 0. The van der Waals surface area contributed by atoms with Crippen molar-refractivity contribution in [2.75, 3.05) is 0 Å². The molecule has 0 spiro atoms. The highest BCUT2D eigenvalue weighted by molar-refractivity contribution is 5.83. The molecular weight excluding hydrogens is 313 g/mol. The monoisotopic (exact) mass is 333 g/mol. The number of carbonyl (C=O) groups is 1. The van der Waals surface area contributed by atoms with Gasteiger partial charge in [-0.2, -0.15) is 0 Å². The average molecular weight is 333 g/mol. The zero-order valence-electron chi connectivity index (χ0n) is 14.3. The molecule has 2 nitrogen and oxygen atoms in total. The molecule has 0 aliphatic carbocycles. The molecule has 1 aromatic heterocycles. The molecule has 25 heavy (non-hydrogen) atoms. The molecular formula is C22H20FNO. The van der Waals surface area contributed by atoms with Crippen LogP contribution < -0.4 is 0 Å². The van der Waals surface area contributed by atoms with Crippen LogP contribution >= 0.6 is 0 Å². The molecule has 3 rings (SSSR count). The number of allylic oxidation sites excluding steroid dienone is 1. The average Bonchev–Trinajstić information content (AvgIpc) is 3.01. The predicted molar refractivity (Wildman–Crippen MR) is 100 cm³/mol. The number of aromatic nitrogens is 1. The first-order valence-electron chi connectivity index (χ1n) is 8.30. The topological polar surface area (TPSA) is 22.0 Å². The van der Waals surface area contributed by atoms with E-state index in [0.29, 0.717) is 0 Å². The van der Waals surface area contributed by atoms with Crippen LogP contribution in [0.25, 0.3) is 22.9 Å². The SMILES string of the molecule is CC(C)c1c(C=CC=O)c(-c2ccc(F)cc2)cn1-c1ccccc1.